The minimum Gasteiger partial charge on any atom is -0.492 e. The van der Waals surface area contributed by atoms with E-state index in [0.717, 1.165) is 50.2 Å². The van der Waals surface area contributed by atoms with Crippen molar-refractivity contribution in [3.05, 3.63) is 42.0 Å². The molecule has 2 aromatic rings. The molecule has 0 aliphatic carbocycles. The fraction of sp³-hybridized carbons (Fsp3) is 0.556. The van der Waals surface area contributed by atoms with Gasteiger partial charge in [0.25, 0.3) is 0 Å². The van der Waals surface area contributed by atoms with Crippen LogP contribution in [0, 0.1) is 6.92 Å². The van der Waals surface area contributed by atoms with Crippen LogP contribution in [-0.4, -0.2) is 63.9 Å². The Morgan fingerprint density at radius 3 is 2.75 bits per heavy atom. The fourth-order valence-corrected chi connectivity index (χ4v) is 3.13. The molecule has 0 N–H and O–H groups in total. The third-order valence-corrected chi connectivity index (χ3v) is 4.86. The van der Waals surface area contributed by atoms with Crippen molar-refractivity contribution in [1.82, 2.24) is 24.6 Å². The van der Waals surface area contributed by atoms with E-state index >= 15 is 0 Å². The number of aryl methyl sites for hydroxylation is 1. The first-order valence-corrected chi connectivity index (χ1v) is 8.59. The lowest BCUT2D eigenvalue weighted by Crippen LogP contribution is -2.35. The molecular weight excluding hydrogens is 302 g/mol. The summed E-state index contributed by atoms with van der Waals surface area (Å²) in [7, 11) is 4.21. The Morgan fingerprint density at radius 1 is 1.25 bits per heavy atom. The quantitative estimate of drug-likeness (QED) is 0.774. The molecule has 6 nitrogen and oxygen atoms in total. The van der Waals surface area contributed by atoms with Gasteiger partial charge in [-0.2, -0.15) is 0 Å². The van der Waals surface area contributed by atoms with Gasteiger partial charge in [0.15, 0.2) is 0 Å². The molecule has 1 aliphatic heterocycles. The van der Waals surface area contributed by atoms with Crippen molar-refractivity contribution in [2.75, 3.05) is 33.3 Å². The van der Waals surface area contributed by atoms with E-state index < -0.39 is 0 Å². The molecule has 1 fully saturated rings. The topological polar surface area (TPSA) is 46.4 Å². The Hall–Kier alpha value is -1.92. The molecule has 0 unspecified atom stereocenters. The van der Waals surface area contributed by atoms with Gasteiger partial charge in [0.2, 0.25) is 0 Å². The molecule has 1 aliphatic rings. The molecule has 0 spiro atoms. The molecule has 1 aromatic carbocycles. The maximum Gasteiger partial charge on any atom is 0.146 e. The van der Waals surface area contributed by atoms with Crippen LogP contribution < -0.4 is 4.74 Å². The van der Waals surface area contributed by atoms with E-state index in [0.29, 0.717) is 6.04 Å². The maximum atomic E-state index is 5.80. The van der Waals surface area contributed by atoms with E-state index in [4.69, 9.17) is 4.74 Å². The second-order valence-corrected chi connectivity index (χ2v) is 6.54. The predicted octanol–water partition coefficient (Wildman–Crippen LogP) is 1.71. The van der Waals surface area contributed by atoms with Crippen molar-refractivity contribution >= 4 is 0 Å². The van der Waals surface area contributed by atoms with E-state index in [1.165, 1.54) is 6.42 Å². The van der Waals surface area contributed by atoms with Crippen LogP contribution in [0.2, 0.25) is 0 Å². The van der Waals surface area contributed by atoms with Crippen LogP contribution in [-0.2, 0) is 13.6 Å². The number of para-hydroxylation sites is 1. The lowest BCUT2D eigenvalue weighted by molar-refractivity contribution is 0.200. The van der Waals surface area contributed by atoms with Crippen molar-refractivity contribution < 1.29 is 4.74 Å². The van der Waals surface area contributed by atoms with Gasteiger partial charge in [0.05, 0.1) is 6.54 Å². The molecule has 1 aromatic heterocycles. The van der Waals surface area contributed by atoms with Crippen molar-refractivity contribution in [1.29, 1.82) is 0 Å². The van der Waals surface area contributed by atoms with Gasteiger partial charge in [-0.25, -0.2) is 0 Å². The molecule has 130 valence electrons. The zero-order valence-electron chi connectivity index (χ0n) is 14.9. The van der Waals surface area contributed by atoms with Gasteiger partial charge < -0.3 is 9.30 Å². The van der Waals surface area contributed by atoms with E-state index in [1.54, 1.807) is 0 Å². The molecule has 1 atom stereocenters. The molecule has 3 rings (SSSR count). The minimum absolute atomic E-state index is 0.568. The second-order valence-electron chi connectivity index (χ2n) is 6.54. The largest absolute Gasteiger partial charge is 0.492 e. The molecule has 0 radical (unpaired) electrons. The first-order valence-electron chi connectivity index (χ1n) is 8.59. The Morgan fingerprint density at radius 2 is 2.04 bits per heavy atom. The average Bonchev–Trinajstić information content (AvgIpc) is 3.18. The highest BCUT2D eigenvalue weighted by atomic mass is 16.5. The van der Waals surface area contributed by atoms with E-state index in [9.17, 15) is 0 Å². The van der Waals surface area contributed by atoms with Gasteiger partial charge >= 0.3 is 0 Å². The summed E-state index contributed by atoms with van der Waals surface area (Å²) in [5.41, 5.74) is 0. The van der Waals surface area contributed by atoms with Crippen molar-refractivity contribution in [2.24, 2.45) is 7.05 Å². The number of aromatic nitrogens is 3. The standard InChI is InChI=1S/C18H27N5O/c1-15-19-20-18(22(15)3)14-21(2)16-9-10-23(13-16)11-12-24-17-7-5-4-6-8-17/h4-8,16H,9-14H2,1-3H3/t16-/m0/s1. The number of benzene rings is 1. The number of hydrogen-bond donors (Lipinski definition) is 0. The molecule has 0 saturated carbocycles. The minimum atomic E-state index is 0.568. The van der Waals surface area contributed by atoms with Crippen molar-refractivity contribution in [2.45, 2.75) is 25.9 Å². The van der Waals surface area contributed by atoms with Crippen LogP contribution in [0.5, 0.6) is 5.75 Å². The summed E-state index contributed by atoms with van der Waals surface area (Å²) in [5.74, 6) is 2.94. The second kappa shape index (κ2) is 7.77. The number of ether oxygens (including phenoxy) is 1. The lowest BCUT2D eigenvalue weighted by Gasteiger charge is -2.24. The van der Waals surface area contributed by atoms with Crippen LogP contribution in [0.15, 0.2) is 30.3 Å². The van der Waals surface area contributed by atoms with E-state index in [2.05, 4.69) is 31.6 Å². The molecule has 6 heteroatoms. The van der Waals surface area contributed by atoms with Gasteiger partial charge in [0.1, 0.15) is 24.0 Å². The van der Waals surface area contributed by atoms with Crippen LogP contribution in [0.3, 0.4) is 0 Å². The third-order valence-electron chi connectivity index (χ3n) is 4.86. The summed E-state index contributed by atoms with van der Waals surface area (Å²) >= 11 is 0. The van der Waals surface area contributed by atoms with Gasteiger partial charge in [-0.15, -0.1) is 10.2 Å². The monoisotopic (exact) mass is 329 g/mol. The molecule has 0 amide bonds. The zero-order valence-corrected chi connectivity index (χ0v) is 14.9. The van der Waals surface area contributed by atoms with Gasteiger partial charge in [0, 0.05) is 26.2 Å². The summed E-state index contributed by atoms with van der Waals surface area (Å²) in [6.45, 7) is 6.76. The molecule has 24 heavy (non-hydrogen) atoms. The van der Waals surface area contributed by atoms with Gasteiger partial charge in [-0.05, 0) is 39.1 Å². The lowest BCUT2D eigenvalue weighted by atomic mass is 10.2. The summed E-state index contributed by atoms with van der Waals surface area (Å²) in [6.07, 6.45) is 1.19. The van der Waals surface area contributed by atoms with Crippen LogP contribution in [0.25, 0.3) is 0 Å². The Balaban J connectivity index is 1.42. The fourth-order valence-electron chi connectivity index (χ4n) is 3.13. The average molecular weight is 329 g/mol. The Labute approximate surface area is 144 Å². The van der Waals surface area contributed by atoms with E-state index in [1.807, 2.05) is 44.3 Å². The summed E-state index contributed by atoms with van der Waals surface area (Å²) in [6, 6.07) is 10.6. The third kappa shape index (κ3) is 4.13. The number of hydrogen-bond acceptors (Lipinski definition) is 5. The van der Waals surface area contributed by atoms with Gasteiger partial charge in [-0.1, -0.05) is 18.2 Å². The first kappa shape index (κ1) is 16.9. The highest BCUT2D eigenvalue weighted by Gasteiger charge is 2.26. The zero-order chi connectivity index (χ0) is 16.9. The summed E-state index contributed by atoms with van der Waals surface area (Å²) < 4.78 is 7.87. The maximum absolute atomic E-state index is 5.80. The SMILES string of the molecule is Cc1nnc(CN(C)[C@H]2CCN(CCOc3ccccc3)C2)n1C. The van der Waals surface area contributed by atoms with Crippen LogP contribution in [0.1, 0.15) is 18.1 Å². The first-order chi connectivity index (χ1) is 11.6. The number of likely N-dealkylation sites (N-methyl/N-ethyl adjacent to an activating group) is 1. The Kier molecular flexibility index (Phi) is 5.48. The smallest absolute Gasteiger partial charge is 0.146 e. The molecular formula is C18H27N5O. The molecule has 0 bridgehead atoms. The Bertz CT molecular complexity index is 642. The summed E-state index contributed by atoms with van der Waals surface area (Å²) in [5, 5.41) is 8.41. The van der Waals surface area contributed by atoms with Crippen LogP contribution >= 0.6 is 0 Å². The van der Waals surface area contributed by atoms with Gasteiger partial charge in [-0.3, -0.25) is 9.80 Å². The van der Waals surface area contributed by atoms with Crippen LogP contribution in [0.4, 0.5) is 0 Å². The molecule has 2 heterocycles. The highest BCUT2D eigenvalue weighted by Crippen LogP contribution is 2.16. The predicted molar refractivity (Wildman–Crippen MR) is 94.0 cm³/mol. The van der Waals surface area contributed by atoms with Crippen molar-refractivity contribution in [3.8, 4) is 5.75 Å². The highest BCUT2D eigenvalue weighted by molar-refractivity contribution is 5.20. The summed E-state index contributed by atoms with van der Waals surface area (Å²) in [4.78, 5) is 4.87. The number of likely N-dealkylation sites (tertiary alicyclic amines) is 1. The van der Waals surface area contributed by atoms with Crippen molar-refractivity contribution in [3.63, 3.8) is 0 Å². The van der Waals surface area contributed by atoms with E-state index in [-0.39, 0.29) is 0 Å². The number of rotatable bonds is 7. The normalized spacial score (nSPS) is 18.4. The number of nitrogens with zero attached hydrogens (tertiary/aromatic N) is 5. The molecule has 1 saturated heterocycles.